The van der Waals surface area contributed by atoms with Crippen LogP contribution in [0.1, 0.15) is 24.1 Å². The number of amides is 2. The first-order valence-corrected chi connectivity index (χ1v) is 12.0. The first kappa shape index (κ1) is 22.3. The molecule has 2 N–H and O–H groups in total. The smallest absolute Gasteiger partial charge is 0.290 e. The molecule has 2 fully saturated rings. The molecule has 0 radical (unpaired) electrons. The molecule has 0 aromatic carbocycles. The maximum absolute atomic E-state index is 11.8. The van der Waals surface area contributed by atoms with Gasteiger partial charge in [-0.25, -0.2) is 9.97 Å². The number of nitrogens with one attached hydrogen (secondary N) is 2. The zero-order valence-corrected chi connectivity index (χ0v) is 19.3. The molecule has 2 aliphatic heterocycles. The minimum Gasteiger partial charge on any atom is -0.463 e. The molecule has 3 aromatic rings. The van der Waals surface area contributed by atoms with Crippen molar-refractivity contribution >= 4 is 34.9 Å². The highest BCUT2D eigenvalue weighted by Gasteiger charge is 2.25. The van der Waals surface area contributed by atoms with Crippen LogP contribution in [0.25, 0.3) is 17.5 Å². The second-order valence-corrected chi connectivity index (χ2v) is 9.24. The van der Waals surface area contributed by atoms with Crippen LogP contribution in [-0.2, 0) is 11.3 Å². The summed E-state index contributed by atoms with van der Waals surface area (Å²) in [5.74, 6) is 1.62. The van der Waals surface area contributed by atoms with Crippen LogP contribution in [0, 0.1) is 5.92 Å². The molecule has 2 amide bonds. The topological polar surface area (TPSA) is 113 Å². The molecule has 5 heterocycles. The molecule has 3 aromatic heterocycles. The van der Waals surface area contributed by atoms with Crippen LogP contribution in [0.5, 0.6) is 0 Å². The second kappa shape index (κ2) is 10.2. The van der Waals surface area contributed by atoms with Crippen LogP contribution in [0.3, 0.4) is 0 Å². The third-order valence-electron chi connectivity index (χ3n) is 5.84. The van der Waals surface area contributed by atoms with Crippen LogP contribution >= 0.6 is 11.8 Å². The summed E-state index contributed by atoms with van der Waals surface area (Å²) in [5, 5.41) is 5.47. The van der Waals surface area contributed by atoms with Crippen molar-refractivity contribution in [2.24, 2.45) is 5.92 Å². The molecule has 9 nitrogen and oxygen atoms in total. The number of rotatable bonds is 7. The van der Waals surface area contributed by atoms with Gasteiger partial charge >= 0.3 is 0 Å². The summed E-state index contributed by atoms with van der Waals surface area (Å²) in [6, 6.07) is 9.58. The number of piperidine rings is 1. The third kappa shape index (κ3) is 5.35. The van der Waals surface area contributed by atoms with Crippen molar-refractivity contribution in [3.05, 3.63) is 65.2 Å². The summed E-state index contributed by atoms with van der Waals surface area (Å²) >= 11 is 0.889. The highest BCUT2D eigenvalue weighted by Crippen LogP contribution is 2.26. The molecule has 174 valence electrons. The van der Waals surface area contributed by atoms with E-state index in [1.54, 1.807) is 24.6 Å². The average molecular weight is 477 g/mol. The van der Waals surface area contributed by atoms with Gasteiger partial charge in [-0.3, -0.25) is 19.9 Å². The first-order valence-electron chi connectivity index (χ1n) is 11.2. The molecular weight excluding hydrogens is 452 g/mol. The minimum absolute atomic E-state index is 0.352. The van der Waals surface area contributed by atoms with E-state index < -0.39 is 0 Å². The van der Waals surface area contributed by atoms with Gasteiger partial charge in [-0.1, -0.05) is 0 Å². The van der Waals surface area contributed by atoms with Gasteiger partial charge in [0.15, 0.2) is 5.76 Å². The Balaban J connectivity index is 1.11. The molecule has 5 rings (SSSR count). The van der Waals surface area contributed by atoms with Crippen LogP contribution in [0.4, 0.5) is 10.7 Å². The Morgan fingerprint density at radius 2 is 2.03 bits per heavy atom. The summed E-state index contributed by atoms with van der Waals surface area (Å²) in [6.45, 7) is 3.47. The van der Waals surface area contributed by atoms with Gasteiger partial charge in [-0.05, 0) is 79.0 Å². The van der Waals surface area contributed by atoms with Crippen LogP contribution in [0.15, 0.2) is 58.3 Å². The summed E-state index contributed by atoms with van der Waals surface area (Å²) < 4.78 is 5.44. The normalized spacial score (nSPS) is 18.0. The number of hydrogen-bond acceptors (Lipinski definition) is 9. The van der Waals surface area contributed by atoms with Gasteiger partial charge in [0.2, 0.25) is 5.95 Å². The molecule has 10 heteroatoms. The number of furan rings is 1. The number of imide groups is 1. The van der Waals surface area contributed by atoms with Crippen molar-refractivity contribution < 1.29 is 14.0 Å². The average Bonchev–Trinajstić information content (AvgIpc) is 3.50. The van der Waals surface area contributed by atoms with Gasteiger partial charge in [0, 0.05) is 32.0 Å². The molecular formula is C24H24N6O3S. The van der Waals surface area contributed by atoms with Crippen LogP contribution in [-0.4, -0.2) is 45.7 Å². The van der Waals surface area contributed by atoms with E-state index in [1.807, 2.05) is 24.4 Å². The Labute approximate surface area is 201 Å². The van der Waals surface area contributed by atoms with E-state index in [-0.39, 0.29) is 11.1 Å². The highest BCUT2D eigenvalue weighted by atomic mass is 32.2. The quantitative estimate of drug-likeness (QED) is 0.495. The SMILES string of the molecule is O=C1NC(=O)/C(=C/c2ccnc(N3CCC(CNCc4ccnc(-c5ccco5)c4)CC3)n2)S1. The monoisotopic (exact) mass is 476 g/mol. The van der Waals surface area contributed by atoms with Crippen molar-refractivity contribution in [1.29, 1.82) is 0 Å². The molecule has 34 heavy (non-hydrogen) atoms. The standard InChI is InChI=1S/C24H24N6O3S/c31-22-21(34-24(32)29-22)13-18-4-8-27-23(28-18)30-9-5-16(6-10-30)14-25-15-17-3-7-26-19(12-17)20-2-1-11-33-20/h1-4,7-8,11-13,16,25H,5-6,9-10,14-15H2,(H,29,31,32)/b21-13-. The lowest BCUT2D eigenvalue weighted by Crippen LogP contribution is -2.38. The first-order chi connectivity index (χ1) is 16.6. The number of aromatic nitrogens is 3. The molecule has 0 spiro atoms. The third-order valence-corrected chi connectivity index (χ3v) is 6.65. The summed E-state index contributed by atoms with van der Waals surface area (Å²) in [4.78, 5) is 39.0. The maximum Gasteiger partial charge on any atom is 0.290 e. The lowest BCUT2D eigenvalue weighted by molar-refractivity contribution is -0.115. The van der Waals surface area contributed by atoms with Gasteiger partial charge in [0.25, 0.3) is 11.1 Å². The van der Waals surface area contributed by atoms with E-state index >= 15 is 0 Å². The Bertz CT molecular complexity index is 1200. The van der Waals surface area contributed by atoms with Crippen molar-refractivity contribution in [2.45, 2.75) is 19.4 Å². The number of carbonyl (C=O) groups is 2. The zero-order chi connectivity index (χ0) is 23.3. The van der Waals surface area contributed by atoms with E-state index in [2.05, 4.69) is 36.6 Å². The number of hydrogen-bond donors (Lipinski definition) is 2. The molecule has 0 bridgehead atoms. The lowest BCUT2D eigenvalue weighted by Gasteiger charge is -2.32. The Morgan fingerprint density at radius 3 is 2.79 bits per heavy atom. The molecule has 0 aliphatic carbocycles. The van der Waals surface area contributed by atoms with Crippen LogP contribution in [0.2, 0.25) is 0 Å². The van der Waals surface area contributed by atoms with Crippen molar-refractivity contribution in [3.63, 3.8) is 0 Å². The van der Waals surface area contributed by atoms with E-state index in [9.17, 15) is 9.59 Å². The lowest BCUT2D eigenvalue weighted by atomic mass is 9.97. The number of carbonyl (C=O) groups excluding carboxylic acids is 2. The Kier molecular flexibility index (Phi) is 6.68. The van der Waals surface area contributed by atoms with Crippen molar-refractivity contribution in [3.8, 4) is 11.5 Å². The predicted molar refractivity (Wildman–Crippen MR) is 130 cm³/mol. The van der Waals surface area contributed by atoms with Gasteiger partial charge in [0.1, 0.15) is 5.69 Å². The summed E-state index contributed by atoms with van der Waals surface area (Å²) in [5.41, 5.74) is 2.63. The molecule has 2 aliphatic rings. The number of thioether (sulfide) groups is 1. The molecule has 0 atom stereocenters. The summed E-state index contributed by atoms with van der Waals surface area (Å²) in [7, 11) is 0. The highest BCUT2D eigenvalue weighted by molar-refractivity contribution is 8.18. The van der Waals surface area contributed by atoms with Crippen LogP contribution < -0.4 is 15.5 Å². The van der Waals surface area contributed by atoms with Gasteiger partial charge < -0.3 is 14.6 Å². The Morgan fingerprint density at radius 1 is 1.18 bits per heavy atom. The number of nitrogens with zero attached hydrogens (tertiary/aromatic N) is 4. The minimum atomic E-state index is -0.382. The van der Waals surface area contributed by atoms with Gasteiger partial charge in [-0.15, -0.1) is 0 Å². The fraction of sp³-hybridized carbons (Fsp3) is 0.292. The molecule has 0 saturated carbocycles. The van der Waals surface area contributed by atoms with Crippen molar-refractivity contribution in [1.82, 2.24) is 25.6 Å². The maximum atomic E-state index is 11.8. The number of anilines is 1. The fourth-order valence-electron chi connectivity index (χ4n) is 4.05. The Hall–Kier alpha value is -3.50. The van der Waals surface area contributed by atoms with Crippen molar-refractivity contribution in [2.75, 3.05) is 24.5 Å². The number of pyridine rings is 1. The predicted octanol–water partition coefficient (Wildman–Crippen LogP) is 3.46. The van der Waals surface area contributed by atoms with E-state index in [1.165, 1.54) is 5.56 Å². The molecule has 0 unspecified atom stereocenters. The van der Waals surface area contributed by atoms with Gasteiger partial charge in [0.05, 0.1) is 16.9 Å². The van der Waals surface area contributed by atoms with E-state index in [4.69, 9.17) is 4.42 Å². The summed E-state index contributed by atoms with van der Waals surface area (Å²) in [6.07, 6.45) is 8.87. The largest absolute Gasteiger partial charge is 0.463 e. The van der Waals surface area contributed by atoms with E-state index in [0.717, 1.165) is 62.2 Å². The fourth-order valence-corrected chi connectivity index (χ4v) is 4.72. The van der Waals surface area contributed by atoms with E-state index in [0.29, 0.717) is 22.5 Å². The van der Waals surface area contributed by atoms with Gasteiger partial charge in [-0.2, -0.15) is 0 Å². The molecule has 2 saturated heterocycles. The zero-order valence-electron chi connectivity index (χ0n) is 18.4. The second-order valence-electron chi connectivity index (χ2n) is 8.22.